The van der Waals surface area contributed by atoms with Gasteiger partial charge in [0, 0.05) is 31.8 Å². The summed E-state index contributed by atoms with van der Waals surface area (Å²) in [5, 5.41) is 3.77. The van der Waals surface area contributed by atoms with E-state index in [4.69, 9.17) is 9.26 Å². The highest BCUT2D eigenvalue weighted by atomic mass is 19.1. The van der Waals surface area contributed by atoms with Gasteiger partial charge in [-0.25, -0.2) is 9.18 Å². The van der Waals surface area contributed by atoms with E-state index in [-0.39, 0.29) is 37.7 Å². The average Bonchev–Trinajstić information content (AvgIpc) is 2.87. The van der Waals surface area contributed by atoms with Crippen LogP contribution in [0.1, 0.15) is 65.1 Å². The second kappa shape index (κ2) is 5.85. The quantitative estimate of drug-likeness (QED) is 0.837. The number of piperidine rings is 1. The van der Waals surface area contributed by atoms with Crippen molar-refractivity contribution in [2.24, 2.45) is 0 Å². The van der Waals surface area contributed by atoms with Crippen LogP contribution in [0.25, 0.3) is 0 Å². The van der Waals surface area contributed by atoms with Crippen LogP contribution in [0.3, 0.4) is 0 Å². The maximum Gasteiger partial charge on any atom is 0.410 e. The highest BCUT2D eigenvalue weighted by Crippen LogP contribution is 2.36. The molecule has 0 bridgehead atoms. The second-order valence-corrected chi connectivity index (χ2v) is 7.04. The van der Waals surface area contributed by atoms with Crippen LogP contribution in [-0.4, -0.2) is 39.8 Å². The van der Waals surface area contributed by atoms with Gasteiger partial charge in [-0.3, -0.25) is 0 Å². The summed E-state index contributed by atoms with van der Waals surface area (Å²) in [6.07, 6.45) is -0.127. The Kier molecular flexibility index (Phi) is 4.44. The van der Waals surface area contributed by atoms with E-state index >= 15 is 0 Å². The van der Waals surface area contributed by atoms with Crippen LogP contribution >= 0.6 is 0 Å². The largest absolute Gasteiger partial charge is 0.444 e. The zero-order valence-corrected chi connectivity index (χ0v) is 13.9. The number of hydrogen-bond donors (Lipinski definition) is 0. The predicted octanol–water partition coefficient (Wildman–Crippen LogP) is 3.39. The summed E-state index contributed by atoms with van der Waals surface area (Å²) in [7, 11) is 0. The molecule has 22 heavy (non-hydrogen) atoms. The summed E-state index contributed by atoms with van der Waals surface area (Å²) in [4.78, 5) is 17.7. The van der Waals surface area contributed by atoms with E-state index in [1.807, 2.05) is 13.8 Å². The molecule has 1 saturated heterocycles. The van der Waals surface area contributed by atoms with E-state index in [9.17, 15) is 9.18 Å². The third-order valence-electron chi connectivity index (χ3n) is 3.54. The first-order valence-corrected chi connectivity index (χ1v) is 7.62. The van der Waals surface area contributed by atoms with Crippen LogP contribution < -0.4 is 0 Å². The third-order valence-corrected chi connectivity index (χ3v) is 3.54. The fourth-order valence-electron chi connectivity index (χ4n) is 2.25. The molecule has 1 fully saturated rings. The first-order chi connectivity index (χ1) is 10.1. The normalized spacial score (nSPS) is 18.6. The lowest BCUT2D eigenvalue weighted by molar-refractivity contribution is -0.000263. The Morgan fingerprint density at radius 2 is 1.95 bits per heavy atom. The van der Waals surface area contributed by atoms with E-state index in [2.05, 4.69) is 10.1 Å². The summed E-state index contributed by atoms with van der Waals surface area (Å²) in [5.41, 5.74) is -2.20. The molecule has 0 atom stereocenters. The topological polar surface area (TPSA) is 68.5 Å². The first kappa shape index (κ1) is 16.7. The molecular weight excluding hydrogens is 289 g/mol. The molecular formula is C15H24FN3O3. The van der Waals surface area contributed by atoms with E-state index < -0.39 is 17.4 Å². The zero-order valence-electron chi connectivity index (χ0n) is 13.9. The van der Waals surface area contributed by atoms with Crippen molar-refractivity contribution in [2.45, 2.75) is 64.6 Å². The molecule has 6 nitrogen and oxygen atoms in total. The van der Waals surface area contributed by atoms with Crippen LogP contribution in [0, 0.1) is 0 Å². The number of alkyl halides is 1. The molecule has 0 aliphatic carbocycles. The van der Waals surface area contributed by atoms with Crippen LogP contribution in [0.15, 0.2) is 4.52 Å². The Labute approximate surface area is 130 Å². The number of likely N-dealkylation sites (tertiary alicyclic amines) is 1. The van der Waals surface area contributed by atoms with Crippen molar-refractivity contribution in [2.75, 3.05) is 13.1 Å². The maximum atomic E-state index is 15.0. The standard InChI is InChI=1S/C15H24FN3O3/c1-10(2)11-17-12(18-22-11)15(16)6-8-19(9-7-15)13(20)21-14(3,4)5/h10H,6-9H2,1-5H3. The van der Waals surface area contributed by atoms with Crippen LogP contribution in [0.2, 0.25) is 0 Å². The van der Waals surface area contributed by atoms with Gasteiger partial charge in [0.2, 0.25) is 11.7 Å². The molecule has 1 aromatic rings. The number of ether oxygens (including phenoxy) is 1. The Hall–Kier alpha value is -1.66. The summed E-state index contributed by atoms with van der Waals surface area (Å²) in [5.74, 6) is 0.577. The summed E-state index contributed by atoms with van der Waals surface area (Å²) < 4.78 is 25.4. The fraction of sp³-hybridized carbons (Fsp3) is 0.800. The molecule has 0 aromatic carbocycles. The Morgan fingerprint density at radius 1 is 1.36 bits per heavy atom. The molecule has 7 heteroatoms. The molecule has 2 rings (SSSR count). The van der Waals surface area contributed by atoms with Crippen molar-refractivity contribution in [1.29, 1.82) is 0 Å². The summed E-state index contributed by atoms with van der Waals surface area (Å²) in [6.45, 7) is 9.79. The summed E-state index contributed by atoms with van der Waals surface area (Å²) >= 11 is 0. The lowest BCUT2D eigenvalue weighted by atomic mass is 9.93. The van der Waals surface area contributed by atoms with Gasteiger partial charge >= 0.3 is 6.09 Å². The van der Waals surface area contributed by atoms with Gasteiger partial charge in [-0.1, -0.05) is 19.0 Å². The monoisotopic (exact) mass is 313 g/mol. The van der Waals surface area contributed by atoms with Gasteiger partial charge in [0.25, 0.3) is 0 Å². The summed E-state index contributed by atoms with van der Waals surface area (Å²) in [6, 6.07) is 0. The molecule has 0 N–H and O–H groups in total. The number of rotatable bonds is 2. The average molecular weight is 313 g/mol. The molecule has 2 heterocycles. The minimum absolute atomic E-state index is 0.0618. The molecule has 1 amide bonds. The minimum atomic E-state index is -1.64. The van der Waals surface area contributed by atoms with Crippen LogP contribution in [0.5, 0.6) is 0 Å². The fourth-order valence-corrected chi connectivity index (χ4v) is 2.25. The van der Waals surface area contributed by atoms with Gasteiger partial charge in [-0.2, -0.15) is 4.98 Å². The van der Waals surface area contributed by atoms with E-state index in [1.165, 1.54) is 4.90 Å². The SMILES string of the molecule is CC(C)c1nc(C2(F)CCN(C(=O)OC(C)(C)C)CC2)no1. The number of hydrogen-bond acceptors (Lipinski definition) is 5. The highest BCUT2D eigenvalue weighted by molar-refractivity contribution is 5.68. The van der Waals surface area contributed by atoms with E-state index in [0.29, 0.717) is 5.89 Å². The molecule has 0 spiro atoms. The van der Waals surface area contributed by atoms with Crippen LogP contribution in [-0.2, 0) is 10.4 Å². The number of aromatic nitrogens is 2. The zero-order chi connectivity index (χ0) is 16.5. The van der Waals surface area contributed by atoms with Crippen molar-refractivity contribution in [3.05, 3.63) is 11.7 Å². The molecule has 0 unspecified atom stereocenters. The lowest BCUT2D eigenvalue weighted by Gasteiger charge is -2.35. The second-order valence-electron chi connectivity index (χ2n) is 7.04. The van der Waals surface area contributed by atoms with Crippen molar-refractivity contribution in [1.82, 2.24) is 15.0 Å². The number of halogens is 1. The van der Waals surface area contributed by atoms with Gasteiger partial charge < -0.3 is 14.2 Å². The molecule has 0 saturated carbocycles. The van der Waals surface area contributed by atoms with E-state index in [0.717, 1.165) is 0 Å². The van der Waals surface area contributed by atoms with Crippen molar-refractivity contribution in [3.8, 4) is 0 Å². The molecule has 1 aromatic heterocycles. The predicted molar refractivity (Wildman–Crippen MR) is 78.2 cm³/mol. The highest BCUT2D eigenvalue weighted by Gasteiger charge is 2.42. The van der Waals surface area contributed by atoms with Gasteiger partial charge in [0.1, 0.15) is 5.60 Å². The molecule has 124 valence electrons. The first-order valence-electron chi connectivity index (χ1n) is 7.62. The van der Waals surface area contributed by atoms with Gasteiger partial charge in [-0.15, -0.1) is 0 Å². The Bertz CT molecular complexity index is 528. The Balaban J connectivity index is 1.99. The van der Waals surface area contributed by atoms with Gasteiger partial charge in [0.05, 0.1) is 0 Å². The van der Waals surface area contributed by atoms with Gasteiger partial charge in [0.15, 0.2) is 5.67 Å². The number of nitrogens with zero attached hydrogens (tertiary/aromatic N) is 3. The third kappa shape index (κ3) is 3.75. The van der Waals surface area contributed by atoms with E-state index in [1.54, 1.807) is 20.8 Å². The number of carbonyl (C=O) groups excluding carboxylic acids is 1. The smallest absolute Gasteiger partial charge is 0.410 e. The molecule has 1 aliphatic rings. The number of carbonyl (C=O) groups is 1. The molecule has 0 radical (unpaired) electrons. The van der Waals surface area contributed by atoms with Crippen LogP contribution in [0.4, 0.5) is 9.18 Å². The Morgan fingerprint density at radius 3 is 2.41 bits per heavy atom. The molecule has 1 aliphatic heterocycles. The minimum Gasteiger partial charge on any atom is -0.444 e. The van der Waals surface area contributed by atoms with Crippen molar-refractivity contribution < 1.29 is 18.4 Å². The van der Waals surface area contributed by atoms with Crippen molar-refractivity contribution in [3.63, 3.8) is 0 Å². The lowest BCUT2D eigenvalue weighted by Crippen LogP contribution is -2.45. The van der Waals surface area contributed by atoms with Gasteiger partial charge in [-0.05, 0) is 20.8 Å². The number of amides is 1. The maximum absolute atomic E-state index is 15.0. The van der Waals surface area contributed by atoms with Crippen molar-refractivity contribution >= 4 is 6.09 Å².